The minimum atomic E-state index is -0.819. The number of aromatic hydroxyl groups is 1. The van der Waals surface area contributed by atoms with E-state index >= 15 is 0 Å². The van der Waals surface area contributed by atoms with E-state index in [9.17, 15) is 14.7 Å². The third kappa shape index (κ3) is 8.18. The summed E-state index contributed by atoms with van der Waals surface area (Å²) in [5, 5.41) is 16.7. The first-order valence-corrected chi connectivity index (χ1v) is 14.9. The molecular formula is C34H45N5O3. The van der Waals surface area contributed by atoms with Crippen molar-refractivity contribution in [3.05, 3.63) is 100 Å². The van der Waals surface area contributed by atoms with Gasteiger partial charge < -0.3 is 32.1 Å². The molecule has 0 aromatic heterocycles. The van der Waals surface area contributed by atoms with Gasteiger partial charge in [0, 0.05) is 32.1 Å². The normalized spacial score (nSPS) is 16.0. The van der Waals surface area contributed by atoms with E-state index in [0.717, 1.165) is 47.1 Å². The van der Waals surface area contributed by atoms with Gasteiger partial charge in [-0.3, -0.25) is 9.59 Å². The van der Waals surface area contributed by atoms with Crippen LogP contribution in [0.1, 0.15) is 52.6 Å². The molecule has 0 radical (unpaired) electrons. The number of phenols is 1. The first-order chi connectivity index (χ1) is 20.3. The number of phenolic OH excluding ortho intramolecular Hbond substituents is 1. The number of nitrogens with one attached hydrogen (secondary N) is 2. The Balaban J connectivity index is 1.50. The number of nitrogens with two attached hydrogens (primary N) is 2. The van der Waals surface area contributed by atoms with Crippen LogP contribution >= 0.6 is 0 Å². The van der Waals surface area contributed by atoms with Gasteiger partial charge >= 0.3 is 0 Å². The Morgan fingerprint density at radius 2 is 1.67 bits per heavy atom. The van der Waals surface area contributed by atoms with Gasteiger partial charge in [-0.25, -0.2) is 0 Å². The molecule has 3 aromatic rings. The van der Waals surface area contributed by atoms with Crippen molar-refractivity contribution in [1.82, 2.24) is 15.5 Å². The van der Waals surface area contributed by atoms with Crippen molar-refractivity contribution in [3.63, 3.8) is 0 Å². The first-order valence-electron chi connectivity index (χ1n) is 14.9. The van der Waals surface area contributed by atoms with Gasteiger partial charge in [-0.2, -0.15) is 0 Å². The standard InChI is InChI=1S/C34H45N5O3/c1-23-16-29(40)17-24(2)30(23)19-31(36)34(42)39-22-27-13-7-6-12-26(27)18-32(39)33(41)38-28(14-8-9-15-35)21-37-20-25-10-4-3-5-11-25/h3-7,10-13,16-17,28,31-32,37,40H,8-9,14-15,18-22,35-36H2,1-2H3,(H,38,41). The SMILES string of the molecule is Cc1cc(O)cc(C)c1CC(N)C(=O)N1Cc2ccccc2CC1C(=O)NC(CCCCN)CNCc1ccccc1. The Morgan fingerprint density at radius 1 is 1.00 bits per heavy atom. The molecule has 0 fully saturated rings. The molecule has 0 spiro atoms. The molecule has 1 aliphatic heterocycles. The zero-order valence-electron chi connectivity index (χ0n) is 24.8. The maximum atomic E-state index is 13.9. The molecule has 7 N–H and O–H groups in total. The van der Waals surface area contributed by atoms with Crippen molar-refractivity contribution < 1.29 is 14.7 Å². The summed E-state index contributed by atoms with van der Waals surface area (Å²) >= 11 is 0. The third-order valence-electron chi connectivity index (χ3n) is 8.17. The predicted octanol–water partition coefficient (Wildman–Crippen LogP) is 3.24. The third-order valence-corrected chi connectivity index (χ3v) is 8.17. The number of aryl methyl sites for hydroxylation is 2. The van der Waals surface area contributed by atoms with E-state index in [1.165, 1.54) is 5.56 Å². The molecule has 2 amide bonds. The van der Waals surface area contributed by atoms with Gasteiger partial charge in [0.25, 0.3) is 0 Å². The van der Waals surface area contributed by atoms with Crippen molar-refractivity contribution in [3.8, 4) is 5.75 Å². The van der Waals surface area contributed by atoms with Crippen molar-refractivity contribution in [1.29, 1.82) is 0 Å². The smallest absolute Gasteiger partial charge is 0.243 e. The molecule has 1 heterocycles. The van der Waals surface area contributed by atoms with Gasteiger partial charge in [-0.05, 0) is 85.2 Å². The molecule has 0 bridgehead atoms. The minimum absolute atomic E-state index is 0.0992. The average Bonchev–Trinajstić information content (AvgIpc) is 2.98. The molecule has 224 valence electrons. The molecular weight excluding hydrogens is 526 g/mol. The molecule has 0 saturated heterocycles. The Bertz CT molecular complexity index is 1320. The zero-order chi connectivity index (χ0) is 30.1. The second-order valence-electron chi connectivity index (χ2n) is 11.4. The number of hydrogen-bond donors (Lipinski definition) is 5. The summed E-state index contributed by atoms with van der Waals surface area (Å²) in [5.41, 5.74) is 18.3. The van der Waals surface area contributed by atoms with Crippen LogP contribution in [-0.2, 0) is 35.5 Å². The van der Waals surface area contributed by atoms with Gasteiger partial charge in [0.05, 0.1) is 6.04 Å². The highest BCUT2D eigenvalue weighted by atomic mass is 16.3. The fourth-order valence-electron chi connectivity index (χ4n) is 5.85. The largest absolute Gasteiger partial charge is 0.508 e. The second-order valence-corrected chi connectivity index (χ2v) is 11.4. The molecule has 8 heteroatoms. The molecule has 3 atom stereocenters. The van der Waals surface area contributed by atoms with Crippen molar-refractivity contribution >= 4 is 11.8 Å². The number of carbonyl (C=O) groups is 2. The van der Waals surface area contributed by atoms with Crippen LogP contribution in [0.25, 0.3) is 0 Å². The van der Waals surface area contributed by atoms with Crippen molar-refractivity contribution in [2.24, 2.45) is 11.5 Å². The first kappa shape index (κ1) is 31.2. The van der Waals surface area contributed by atoms with E-state index in [-0.39, 0.29) is 23.6 Å². The highest BCUT2D eigenvalue weighted by Crippen LogP contribution is 2.26. The Labute approximate surface area is 249 Å². The predicted molar refractivity (Wildman–Crippen MR) is 167 cm³/mol. The molecule has 42 heavy (non-hydrogen) atoms. The lowest BCUT2D eigenvalue weighted by Gasteiger charge is -2.38. The summed E-state index contributed by atoms with van der Waals surface area (Å²) in [4.78, 5) is 29.4. The van der Waals surface area contributed by atoms with Crippen LogP contribution in [0.5, 0.6) is 5.75 Å². The van der Waals surface area contributed by atoms with Gasteiger partial charge in [0.1, 0.15) is 11.8 Å². The molecule has 1 aliphatic rings. The number of fused-ring (bicyclic) bond motifs is 1. The fourth-order valence-corrected chi connectivity index (χ4v) is 5.85. The highest BCUT2D eigenvalue weighted by Gasteiger charge is 2.37. The maximum Gasteiger partial charge on any atom is 0.243 e. The number of unbranched alkanes of at least 4 members (excludes halogenated alkanes) is 1. The van der Waals surface area contributed by atoms with Crippen LogP contribution in [0, 0.1) is 13.8 Å². The van der Waals surface area contributed by atoms with Gasteiger partial charge in [0.2, 0.25) is 11.8 Å². The van der Waals surface area contributed by atoms with Crippen LogP contribution in [0.4, 0.5) is 0 Å². The van der Waals surface area contributed by atoms with Crippen LogP contribution in [-0.4, -0.2) is 53.0 Å². The van der Waals surface area contributed by atoms with E-state index in [1.807, 2.05) is 56.3 Å². The van der Waals surface area contributed by atoms with E-state index in [1.54, 1.807) is 17.0 Å². The Morgan fingerprint density at radius 3 is 2.36 bits per heavy atom. The number of amides is 2. The molecule has 8 nitrogen and oxygen atoms in total. The summed E-state index contributed by atoms with van der Waals surface area (Å²) < 4.78 is 0. The van der Waals surface area contributed by atoms with Crippen molar-refractivity contribution in [2.45, 2.75) is 77.2 Å². The molecule has 0 aliphatic carbocycles. The average molecular weight is 572 g/mol. The van der Waals surface area contributed by atoms with Crippen molar-refractivity contribution in [2.75, 3.05) is 13.1 Å². The lowest BCUT2D eigenvalue weighted by molar-refractivity contribution is -0.143. The number of benzene rings is 3. The molecule has 3 aromatic carbocycles. The Kier molecular flexibility index (Phi) is 11.1. The maximum absolute atomic E-state index is 13.9. The summed E-state index contributed by atoms with van der Waals surface area (Å²) in [5.74, 6) is -0.225. The molecule has 4 rings (SSSR count). The monoisotopic (exact) mass is 571 g/mol. The molecule has 0 saturated carbocycles. The van der Waals surface area contributed by atoms with E-state index in [2.05, 4.69) is 22.8 Å². The summed E-state index contributed by atoms with van der Waals surface area (Å²) in [6.07, 6.45) is 3.35. The van der Waals surface area contributed by atoms with Gasteiger partial charge in [-0.1, -0.05) is 61.0 Å². The lowest BCUT2D eigenvalue weighted by Crippen LogP contribution is -2.58. The van der Waals surface area contributed by atoms with E-state index in [4.69, 9.17) is 11.5 Å². The number of carbonyl (C=O) groups excluding carboxylic acids is 2. The van der Waals surface area contributed by atoms with Crippen LogP contribution in [0.2, 0.25) is 0 Å². The topological polar surface area (TPSA) is 134 Å². The summed E-state index contributed by atoms with van der Waals surface area (Å²) in [7, 11) is 0. The lowest BCUT2D eigenvalue weighted by atomic mass is 9.91. The number of rotatable bonds is 13. The number of nitrogens with zero attached hydrogens (tertiary/aromatic N) is 1. The van der Waals surface area contributed by atoms with Gasteiger partial charge in [-0.15, -0.1) is 0 Å². The summed E-state index contributed by atoms with van der Waals surface area (Å²) in [6, 6.07) is 19.9. The van der Waals surface area contributed by atoms with E-state index < -0.39 is 12.1 Å². The second kappa shape index (κ2) is 15.0. The zero-order valence-corrected chi connectivity index (χ0v) is 24.8. The Hall–Kier alpha value is -3.72. The highest BCUT2D eigenvalue weighted by molar-refractivity contribution is 5.91. The summed E-state index contributed by atoms with van der Waals surface area (Å²) in [6.45, 7) is 6.07. The van der Waals surface area contributed by atoms with Gasteiger partial charge in [0.15, 0.2) is 0 Å². The molecule has 3 unspecified atom stereocenters. The fraction of sp³-hybridized carbons (Fsp3) is 0.412. The van der Waals surface area contributed by atoms with Crippen LogP contribution in [0.3, 0.4) is 0 Å². The quantitative estimate of drug-likeness (QED) is 0.200. The minimum Gasteiger partial charge on any atom is -0.508 e. The van der Waals surface area contributed by atoms with Crippen LogP contribution < -0.4 is 22.1 Å². The number of hydrogen-bond acceptors (Lipinski definition) is 6. The van der Waals surface area contributed by atoms with Crippen LogP contribution in [0.15, 0.2) is 66.7 Å². The van der Waals surface area contributed by atoms with E-state index in [0.29, 0.717) is 39.0 Å².